The van der Waals surface area contributed by atoms with E-state index in [1.807, 2.05) is 44.2 Å². The lowest BCUT2D eigenvalue weighted by atomic mass is 10.0. The average molecular weight is 401 g/mol. The number of piperidine rings is 1. The van der Waals surface area contributed by atoms with Crippen molar-refractivity contribution in [3.63, 3.8) is 0 Å². The molecule has 0 aliphatic carbocycles. The second-order valence-electron chi connectivity index (χ2n) is 7.53. The van der Waals surface area contributed by atoms with Crippen LogP contribution in [-0.2, 0) is 0 Å². The van der Waals surface area contributed by atoms with E-state index in [2.05, 4.69) is 16.3 Å². The Bertz CT molecular complexity index is 770. The molecule has 28 heavy (non-hydrogen) atoms. The highest BCUT2D eigenvalue weighted by Gasteiger charge is 2.24. The van der Waals surface area contributed by atoms with Crippen LogP contribution >= 0.6 is 11.6 Å². The third-order valence-electron chi connectivity index (χ3n) is 5.04. The molecule has 0 aromatic heterocycles. The summed E-state index contributed by atoms with van der Waals surface area (Å²) < 4.78 is 5.64. The van der Waals surface area contributed by atoms with E-state index in [1.165, 1.54) is 19.3 Å². The van der Waals surface area contributed by atoms with Crippen LogP contribution in [0.3, 0.4) is 0 Å². The molecule has 0 spiro atoms. The summed E-state index contributed by atoms with van der Waals surface area (Å²) in [7, 11) is 0. The van der Waals surface area contributed by atoms with Gasteiger partial charge in [-0.2, -0.15) is 0 Å². The summed E-state index contributed by atoms with van der Waals surface area (Å²) in [5.41, 5.74) is 1.71. The maximum Gasteiger partial charge on any atom is 0.251 e. The molecule has 4 nitrogen and oxygen atoms in total. The van der Waals surface area contributed by atoms with Crippen LogP contribution in [0.4, 0.5) is 0 Å². The summed E-state index contributed by atoms with van der Waals surface area (Å²) in [5, 5.41) is 3.85. The standard InChI is InChI=1S/C23H29ClN2O2/c1-17(2)28-19-12-10-18(11-13-19)23(27)25-16-22(26-14-6-3-7-15-26)20-8-4-5-9-21(20)24/h4-5,8-13,17,22H,3,6-7,14-16H2,1-2H3,(H,25,27)/t22-/m1/s1. The number of nitrogens with zero attached hydrogens (tertiary/aromatic N) is 1. The van der Waals surface area contributed by atoms with Crippen molar-refractivity contribution in [3.05, 3.63) is 64.7 Å². The van der Waals surface area contributed by atoms with Crippen molar-refractivity contribution in [1.82, 2.24) is 10.2 Å². The zero-order valence-corrected chi connectivity index (χ0v) is 17.4. The molecule has 1 saturated heterocycles. The lowest BCUT2D eigenvalue weighted by Gasteiger charge is -2.35. The number of hydrogen-bond acceptors (Lipinski definition) is 3. The Hall–Kier alpha value is -2.04. The summed E-state index contributed by atoms with van der Waals surface area (Å²) in [6, 6.07) is 15.3. The normalized spacial score (nSPS) is 16.0. The Balaban J connectivity index is 1.69. The maximum absolute atomic E-state index is 12.7. The Morgan fingerprint density at radius 1 is 1.07 bits per heavy atom. The summed E-state index contributed by atoms with van der Waals surface area (Å²) >= 11 is 6.48. The molecule has 5 heteroatoms. The number of carbonyl (C=O) groups is 1. The van der Waals surface area contributed by atoms with Gasteiger partial charge in [0.15, 0.2) is 0 Å². The van der Waals surface area contributed by atoms with Crippen molar-refractivity contribution in [2.75, 3.05) is 19.6 Å². The van der Waals surface area contributed by atoms with E-state index in [1.54, 1.807) is 12.1 Å². The van der Waals surface area contributed by atoms with Crippen molar-refractivity contribution in [1.29, 1.82) is 0 Å². The van der Waals surface area contributed by atoms with Crippen LogP contribution in [0.15, 0.2) is 48.5 Å². The van der Waals surface area contributed by atoms with E-state index >= 15 is 0 Å². The van der Waals surface area contributed by atoms with Gasteiger partial charge in [-0.25, -0.2) is 0 Å². The first-order chi connectivity index (χ1) is 13.5. The first kappa shape index (κ1) is 20.7. The van der Waals surface area contributed by atoms with Gasteiger partial charge in [0, 0.05) is 17.1 Å². The number of benzene rings is 2. The van der Waals surface area contributed by atoms with Gasteiger partial charge in [-0.15, -0.1) is 0 Å². The smallest absolute Gasteiger partial charge is 0.251 e. The van der Waals surface area contributed by atoms with Gasteiger partial charge in [0.1, 0.15) is 5.75 Å². The van der Waals surface area contributed by atoms with Gasteiger partial charge in [-0.05, 0) is 75.7 Å². The van der Waals surface area contributed by atoms with E-state index in [-0.39, 0.29) is 18.1 Å². The fourth-order valence-electron chi connectivity index (χ4n) is 3.66. The highest BCUT2D eigenvalue weighted by molar-refractivity contribution is 6.31. The molecule has 3 rings (SSSR count). The van der Waals surface area contributed by atoms with E-state index < -0.39 is 0 Å². The van der Waals surface area contributed by atoms with Crippen LogP contribution in [0, 0.1) is 0 Å². The van der Waals surface area contributed by atoms with Crippen LogP contribution < -0.4 is 10.1 Å². The molecule has 1 amide bonds. The lowest BCUT2D eigenvalue weighted by molar-refractivity contribution is 0.0924. The molecule has 1 aliphatic rings. The van der Waals surface area contributed by atoms with Gasteiger partial charge >= 0.3 is 0 Å². The first-order valence-corrected chi connectivity index (χ1v) is 10.5. The Kier molecular flexibility index (Phi) is 7.35. The van der Waals surface area contributed by atoms with Crippen molar-refractivity contribution in [2.45, 2.75) is 45.3 Å². The number of nitrogens with one attached hydrogen (secondary N) is 1. The predicted molar refractivity (Wildman–Crippen MR) is 114 cm³/mol. The second kappa shape index (κ2) is 9.94. The van der Waals surface area contributed by atoms with Crippen molar-refractivity contribution in [2.24, 2.45) is 0 Å². The third kappa shape index (κ3) is 5.49. The van der Waals surface area contributed by atoms with Crippen LogP contribution in [0.1, 0.15) is 55.1 Å². The molecule has 0 radical (unpaired) electrons. The molecule has 2 aromatic rings. The number of halogens is 1. The minimum Gasteiger partial charge on any atom is -0.491 e. The van der Waals surface area contributed by atoms with Gasteiger partial charge in [0.25, 0.3) is 5.91 Å². The minimum atomic E-state index is -0.0786. The molecule has 0 bridgehead atoms. The molecule has 0 unspecified atom stereocenters. The highest BCUT2D eigenvalue weighted by atomic mass is 35.5. The molecule has 2 aromatic carbocycles. The number of likely N-dealkylation sites (tertiary alicyclic amines) is 1. The number of rotatable bonds is 7. The SMILES string of the molecule is CC(C)Oc1ccc(C(=O)NC[C@H](c2ccccc2Cl)N2CCCCC2)cc1. The van der Waals surface area contributed by atoms with Crippen LogP contribution in [0.5, 0.6) is 5.75 Å². The van der Waals surface area contributed by atoms with Gasteiger partial charge < -0.3 is 10.1 Å². The number of amides is 1. The lowest BCUT2D eigenvalue weighted by Crippen LogP contribution is -2.40. The molecule has 1 fully saturated rings. The summed E-state index contributed by atoms with van der Waals surface area (Å²) in [4.78, 5) is 15.1. The molecule has 1 aliphatic heterocycles. The van der Waals surface area contributed by atoms with Crippen molar-refractivity contribution < 1.29 is 9.53 Å². The Morgan fingerprint density at radius 2 is 1.75 bits per heavy atom. The third-order valence-corrected chi connectivity index (χ3v) is 5.38. The minimum absolute atomic E-state index is 0.0786. The quantitative estimate of drug-likeness (QED) is 0.704. The van der Waals surface area contributed by atoms with Crippen molar-refractivity contribution in [3.8, 4) is 5.75 Å². The molecule has 1 N–H and O–H groups in total. The van der Waals surface area contributed by atoms with Gasteiger partial charge in [-0.1, -0.05) is 36.2 Å². The fraction of sp³-hybridized carbons (Fsp3) is 0.435. The van der Waals surface area contributed by atoms with Crippen LogP contribution in [-0.4, -0.2) is 36.5 Å². The predicted octanol–water partition coefficient (Wildman–Crippen LogP) is 5.08. The summed E-state index contributed by atoms with van der Waals surface area (Å²) in [6.07, 6.45) is 3.75. The van der Waals surface area contributed by atoms with E-state index in [9.17, 15) is 4.79 Å². The number of carbonyl (C=O) groups excluding carboxylic acids is 1. The average Bonchev–Trinajstić information content (AvgIpc) is 2.70. The zero-order valence-electron chi connectivity index (χ0n) is 16.7. The first-order valence-electron chi connectivity index (χ1n) is 10.1. The summed E-state index contributed by atoms with van der Waals surface area (Å²) in [6.45, 7) is 6.57. The zero-order chi connectivity index (χ0) is 19.9. The van der Waals surface area contributed by atoms with Gasteiger partial charge in [-0.3, -0.25) is 9.69 Å². The van der Waals surface area contributed by atoms with Gasteiger partial charge in [0.2, 0.25) is 0 Å². The van der Waals surface area contributed by atoms with Gasteiger partial charge in [0.05, 0.1) is 12.1 Å². The fourth-order valence-corrected chi connectivity index (χ4v) is 3.92. The highest BCUT2D eigenvalue weighted by Crippen LogP contribution is 2.29. The van der Waals surface area contributed by atoms with Crippen LogP contribution in [0.25, 0.3) is 0 Å². The summed E-state index contributed by atoms with van der Waals surface area (Å²) in [5.74, 6) is 0.693. The molecule has 0 saturated carbocycles. The van der Waals surface area contributed by atoms with E-state index in [4.69, 9.17) is 16.3 Å². The molecular weight excluding hydrogens is 372 g/mol. The monoisotopic (exact) mass is 400 g/mol. The second-order valence-corrected chi connectivity index (χ2v) is 7.94. The molecule has 1 heterocycles. The number of hydrogen-bond donors (Lipinski definition) is 1. The van der Waals surface area contributed by atoms with Crippen molar-refractivity contribution >= 4 is 17.5 Å². The largest absolute Gasteiger partial charge is 0.491 e. The van der Waals surface area contributed by atoms with E-state index in [0.717, 1.165) is 29.4 Å². The Morgan fingerprint density at radius 3 is 2.39 bits per heavy atom. The molecule has 1 atom stereocenters. The van der Waals surface area contributed by atoms with E-state index in [0.29, 0.717) is 12.1 Å². The maximum atomic E-state index is 12.7. The topological polar surface area (TPSA) is 41.6 Å². The van der Waals surface area contributed by atoms with Crippen LogP contribution in [0.2, 0.25) is 5.02 Å². The Labute approximate surface area is 172 Å². The molecule has 150 valence electrons. The molecular formula is C23H29ClN2O2. The number of ether oxygens (including phenoxy) is 1.